The fourth-order valence-electron chi connectivity index (χ4n) is 3.77. The first-order chi connectivity index (χ1) is 13.1. The zero-order chi connectivity index (χ0) is 19.0. The molecule has 27 heavy (non-hydrogen) atoms. The van der Waals surface area contributed by atoms with Crippen LogP contribution in [0.3, 0.4) is 0 Å². The molecule has 0 radical (unpaired) electrons. The van der Waals surface area contributed by atoms with Gasteiger partial charge in [-0.1, -0.05) is 60.7 Å². The summed E-state index contributed by atoms with van der Waals surface area (Å²) < 4.78 is 0. The van der Waals surface area contributed by atoms with Crippen molar-refractivity contribution in [2.45, 2.75) is 24.9 Å². The van der Waals surface area contributed by atoms with Gasteiger partial charge in [-0.2, -0.15) is 0 Å². The molecule has 0 aliphatic carbocycles. The summed E-state index contributed by atoms with van der Waals surface area (Å²) in [5.74, 6) is -1.74. The van der Waals surface area contributed by atoms with Crippen LogP contribution in [0.1, 0.15) is 17.5 Å². The van der Waals surface area contributed by atoms with Gasteiger partial charge in [-0.15, -0.1) is 0 Å². The number of carboxylic acids is 1. The maximum absolute atomic E-state index is 12.5. The normalized spacial score (nSPS) is 20.9. The van der Waals surface area contributed by atoms with Crippen molar-refractivity contribution in [1.29, 1.82) is 0 Å². The van der Waals surface area contributed by atoms with Gasteiger partial charge in [0.1, 0.15) is 11.7 Å². The summed E-state index contributed by atoms with van der Waals surface area (Å²) in [4.78, 5) is 37.9. The van der Waals surface area contributed by atoms with Crippen LogP contribution < -0.4 is 5.32 Å². The number of carboxylic acid groups (broad SMARTS) is 1. The molecule has 2 aliphatic heterocycles. The van der Waals surface area contributed by atoms with E-state index in [-0.39, 0.29) is 30.0 Å². The van der Waals surface area contributed by atoms with E-state index in [4.69, 9.17) is 0 Å². The lowest BCUT2D eigenvalue weighted by Gasteiger charge is -2.43. The Kier molecular flexibility index (Phi) is 4.24. The van der Waals surface area contributed by atoms with Crippen molar-refractivity contribution >= 4 is 23.4 Å². The number of β-lactam (4-membered cyclic amide) rings is 1. The van der Waals surface area contributed by atoms with Crippen LogP contribution in [0.25, 0.3) is 5.57 Å². The number of carbonyl (C=O) groups excluding carboxylic acids is 2. The van der Waals surface area contributed by atoms with Crippen LogP contribution in [0, 0.1) is 0 Å². The maximum atomic E-state index is 12.5. The topological polar surface area (TPSA) is 86.7 Å². The molecule has 2 aromatic rings. The summed E-state index contributed by atoms with van der Waals surface area (Å²) in [5, 5.41) is 12.4. The van der Waals surface area contributed by atoms with Crippen LogP contribution in [0.15, 0.2) is 66.4 Å². The third kappa shape index (κ3) is 2.99. The highest BCUT2D eigenvalue weighted by Gasteiger charge is 2.55. The fraction of sp³-hybridized carbons (Fsp3) is 0.190. The van der Waals surface area contributed by atoms with Crippen molar-refractivity contribution < 1.29 is 19.5 Å². The van der Waals surface area contributed by atoms with E-state index in [9.17, 15) is 19.5 Å². The highest BCUT2D eigenvalue weighted by atomic mass is 16.4. The fourth-order valence-corrected chi connectivity index (χ4v) is 3.77. The predicted molar refractivity (Wildman–Crippen MR) is 98.3 cm³/mol. The summed E-state index contributed by atoms with van der Waals surface area (Å²) in [7, 11) is 0. The number of nitrogens with one attached hydrogen (secondary N) is 1. The van der Waals surface area contributed by atoms with Crippen LogP contribution in [-0.2, 0) is 20.8 Å². The van der Waals surface area contributed by atoms with E-state index < -0.39 is 12.0 Å². The van der Waals surface area contributed by atoms with Gasteiger partial charge >= 0.3 is 5.97 Å². The molecule has 136 valence electrons. The van der Waals surface area contributed by atoms with E-state index >= 15 is 0 Å². The Labute approximate surface area is 156 Å². The van der Waals surface area contributed by atoms with Crippen molar-refractivity contribution in [1.82, 2.24) is 10.2 Å². The number of hydrogen-bond donors (Lipinski definition) is 2. The molecular formula is C21H18N2O4. The molecule has 2 amide bonds. The molecule has 4 rings (SSSR count). The summed E-state index contributed by atoms with van der Waals surface area (Å²) in [6, 6.07) is 17.4. The summed E-state index contributed by atoms with van der Waals surface area (Å²) in [6.07, 6.45) is 0.593. The number of hydrogen-bond acceptors (Lipinski definition) is 3. The van der Waals surface area contributed by atoms with Gasteiger partial charge in [0.2, 0.25) is 5.91 Å². The Balaban J connectivity index is 1.51. The summed E-state index contributed by atoms with van der Waals surface area (Å²) in [6.45, 7) is 0. The second-order valence-electron chi connectivity index (χ2n) is 6.69. The van der Waals surface area contributed by atoms with Crippen LogP contribution in [0.2, 0.25) is 0 Å². The first-order valence-corrected chi connectivity index (χ1v) is 8.74. The number of fused-ring (bicyclic) bond motifs is 1. The average Bonchev–Trinajstić information content (AvgIpc) is 3.04. The number of benzene rings is 2. The first-order valence-electron chi connectivity index (χ1n) is 8.74. The molecule has 2 heterocycles. The molecule has 6 nitrogen and oxygen atoms in total. The van der Waals surface area contributed by atoms with Gasteiger partial charge in [0.25, 0.3) is 5.91 Å². The average molecular weight is 362 g/mol. The Hall–Kier alpha value is -3.41. The molecule has 0 bridgehead atoms. The van der Waals surface area contributed by atoms with Gasteiger partial charge in [0.05, 0.1) is 12.5 Å². The molecule has 0 aromatic heterocycles. The SMILES string of the molecule is O=C(Cc1ccccc1)NC1C(=O)N2C(C(=O)O)=C(c3ccccc3)C[C@H]12. The van der Waals surface area contributed by atoms with Crippen LogP contribution in [0.4, 0.5) is 0 Å². The van der Waals surface area contributed by atoms with E-state index in [1.165, 1.54) is 4.90 Å². The third-order valence-electron chi connectivity index (χ3n) is 5.01. The van der Waals surface area contributed by atoms with Crippen LogP contribution >= 0.6 is 0 Å². The summed E-state index contributed by atoms with van der Waals surface area (Å²) >= 11 is 0. The second-order valence-corrected chi connectivity index (χ2v) is 6.69. The highest BCUT2D eigenvalue weighted by Crippen LogP contribution is 2.42. The van der Waals surface area contributed by atoms with E-state index in [1.807, 2.05) is 60.7 Å². The molecule has 2 atom stereocenters. The lowest BCUT2D eigenvalue weighted by atomic mass is 9.92. The minimum absolute atomic E-state index is 0.0183. The first kappa shape index (κ1) is 17.0. The number of nitrogens with zero attached hydrogens (tertiary/aromatic N) is 1. The Morgan fingerprint density at radius 2 is 1.67 bits per heavy atom. The quantitative estimate of drug-likeness (QED) is 0.795. The standard InChI is InChI=1S/C21H18N2O4/c24-17(11-13-7-3-1-4-8-13)22-18-16-12-15(14-9-5-2-6-10-14)19(21(26)27)23(16)20(18)25/h1-10,16,18H,11-12H2,(H,22,24)(H,26,27)/t16-,18?/m1/s1. The zero-order valence-electron chi connectivity index (χ0n) is 14.5. The van der Waals surface area contributed by atoms with Gasteiger partial charge in [0, 0.05) is 0 Å². The van der Waals surface area contributed by atoms with Crippen LogP contribution in [-0.4, -0.2) is 39.9 Å². The minimum atomic E-state index is -1.13. The minimum Gasteiger partial charge on any atom is -0.477 e. The lowest BCUT2D eigenvalue weighted by molar-refractivity contribution is -0.152. The number of aliphatic carboxylic acids is 1. The van der Waals surface area contributed by atoms with E-state index in [2.05, 4.69) is 5.32 Å². The summed E-state index contributed by atoms with van der Waals surface area (Å²) in [5.41, 5.74) is 2.29. The van der Waals surface area contributed by atoms with Crippen molar-refractivity contribution in [3.05, 3.63) is 77.5 Å². The molecule has 1 fully saturated rings. The molecule has 6 heteroatoms. The smallest absolute Gasteiger partial charge is 0.352 e. The number of amides is 2. The monoisotopic (exact) mass is 362 g/mol. The molecule has 0 saturated carbocycles. The Morgan fingerprint density at radius 1 is 1.04 bits per heavy atom. The third-order valence-corrected chi connectivity index (χ3v) is 5.01. The molecule has 2 N–H and O–H groups in total. The molecule has 0 spiro atoms. The number of rotatable bonds is 5. The molecule has 1 saturated heterocycles. The molecule has 2 aliphatic rings. The van der Waals surface area contributed by atoms with Gasteiger partial charge < -0.3 is 10.4 Å². The molecular weight excluding hydrogens is 344 g/mol. The Bertz CT molecular complexity index is 937. The Morgan fingerprint density at radius 3 is 2.30 bits per heavy atom. The lowest BCUT2D eigenvalue weighted by Crippen LogP contribution is -2.68. The van der Waals surface area contributed by atoms with E-state index in [0.29, 0.717) is 12.0 Å². The van der Waals surface area contributed by atoms with Gasteiger partial charge in [-0.05, 0) is 23.1 Å². The second kappa shape index (κ2) is 6.72. The van der Waals surface area contributed by atoms with E-state index in [1.54, 1.807) is 0 Å². The largest absolute Gasteiger partial charge is 0.477 e. The van der Waals surface area contributed by atoms with Crippen molar-refractivity contribution in [3.8, 4) is 0 Å². The predicted octanol–water partition coefficient (Wildman–Crippen LogP) is 1.82. The highest BCUT2D eigenvalue weighted by molar-refractivity contribution is 6.08. The van der Waals surface area contributed by atoms with Crippen molar-refractivity contribution in [2.75, 3.05) is 0 Å². The van der Waals surface area contributed by atoms with Gasteiger partial charge in [-0.25, -0.2) is 4.79 Å². The number of carbonyl (C=O) groups is 3. The molecule has 2 aromatic carbocycles. The van der Waals surface area contributed by atoms with Gasteiger partial charge in [-0.3, -0.25) is 14.5 Å². The van der Waals surface area contributed by atoms with Crippen molar-refractivity contribution in [2.24, 2.45) is 0 Å². The van der Waals surface area contributed by atoms with Crippen molar-refractivity contribution in [3.63, 3.8) is 0 Å². The maximum Gasteiger partial charge on any atom is 0.352 e. The molecule has 1 unspecified atom stereocenters. The van der Waals surface area contributed by atoms with Crippen LogP contribution in [0.5, 0.6) is 0 Å². The zero-order valence-corrected chi connectivity index (χ0v) is 14.5. The van der Waals surface area contributed by atoms with E-state index in [0.717, 1.165) is 11.1 Å². The van der Waals surface area contributed by atoms with Gasteiger partial charge in [0.15, 0.2) is 0 Å².